The number of anilines is 1. The molecule has 1 saturated carbocycles. The largest absolute Gasteiger partial charge is 0.353 e. The SMILES string of the molecule is Cc1csc(CN(C)c2ccnc(C3CC3)n2)n1. The highest BCUT2D eigenvalue weighted by Gasteiger charge is 2.26. The summed E-state index contributed by atoms with van der Waals surface area (Å²) in [5.41, 5.74) is 1.09. The fraction of sp³-hybridized carbons (Fsp3) is 0.462. The lowest BCUT2D eigenvalue weighted by atomic mass is 10.4. The van der Waals surface area contributed by atoms with E-state index in [4.69, 9.17) is 0 Å². The molecule has 0 N–H and O–H groups in total. The summed E-state index contributed by atoms with van der Waals surface area (Å²) < 4.78 is 0. The van der Waals surface area contributed by atoms with Crippen molar-refractivity contribution in [1.29, 1.82) is 0 Å². The van der Waals surface area contributed by atoms with E-state index in [9.17, 15) is 0 Å². The smallest absolute Gasteiger partial charge is 0.133 e. The van der Waals surface area contributed by atoms with Gasteiger partial charge in [0.15, 0.2) is 0 Å². The van der Waals surface area contributed by atoms with Crippen LogP contribution in [0.4, 0.5) is 5.82 Å². The highest BCUT2D eigenvalue weighted by atomic mass is 32.1. The molecule has 2 aromatic rings. The van der Waals surface area contributed by atoms with Gasteiger partial charge in [0.05, 0.1) is 6.54 Å². The Morgan fingerprint density at radius 3 is 2.89 bits per heavy atom. The van der Waals surface area contributed by atoms with Crippen molar-refractivity contribution in [3.63, 3.8) is 0 Å². The van der Waals surface area contributed by atoms with Gasteiger partial charge in [0.25, 0.3) is 0 Å². The summed E-state index contributed by atoms with van der Waals surface area (Å²) in [6.07, 6.45) is 4.33. The molecule has 0 unspecified atom stereocenters. The Morgan fingerprint density at radius 1 is 1.39 bits per heavy atom. The Hall–Kier alpha value is -1.49. The Morgan fingerprint density at radius 2 is 2.22 bits per heavy atom. The van der Waals surface area contributed by atoms with E-state index < -0.39 is 0 Å². The maximum Gasteiger partial charge on any atom is 0.133 e. The third kappa shape index (κ3) is 2.51. The van der Waals surface area contributed by atoms with E-state index in [0.717, 1.165) is 28.9 Å². The number of aryl methyl sites for hydroxylation is 1. The van der Waals surface area contributed by atoms with Gasteiger partial charge in [-0.15, -0.1) is 11.3 Å². The highest BCUT2D eigenvalue weighted by molar-refractivity contribution is 7.09. The second kappa shape index (κ2) is 4.65. The van der Waals surface area contributed by atoms with Gasteiger partial charge < -0.3 is 4.90 Å². The minimum atomic E-state index is 0.598. The fourth-order valence-electron chi connectivity index (χ4n) is 1.87. The molecule has 18 heavy (non-hydrogen) atoms. The lowest BCUT2D eigenvalue weighted by Gasteiger charge is -2.16. The predicted molar refractivity (Wildman–Crippen MR) is 73.0 cm³/mol. The first-order chi connectivity index (χ1) is 8.72. The molecule has 5 heteroatoms. The van der Waals surface area contributed by atoms with E-state index in [1.165, 1.54) is 12.8 Å². The summed E-state index contributed by atoms with van der Waals surface area (Å²) in [5, 5.41) is 3.21. The topological polar surface area (TPSA) is 41.9 Å². The van der Waals surface area contributed by atoms with Crippen molar-refractivity contribution in [3.8, 4) is 0 Å². The van der Waals surface area contributed by atoms with E-state index in [0.29, 0.717) is 5.92 Å². The molecule has 0 radical (unpaired) electrons. The van der Waals surface area contributed by atoms with Gasteiger partial charge in [-0.05, 0) is 25.8 Å². The van der Waals surface area contributed by atoms with Crippen LogP contribution in [0.1, 0.15) is 35.3 Å². The number of thiazole rings is 1. The van der Waals surface area contributed by atoms with Gasteiger partial charge in [-0.25, -0.2) is 15.0 Å². The summed E-state index contributed by atoms with van der Waals surface area (Å²) in [6, 6.07) is 1.96. The van der Waals surface area contributed by atoms with Crippen LogP contribution < -0.4 is 4.90 Å². The van der Waals surface area contributed by atoms with Crippen LogP contribution in [0, 0.1) is 6.92 Å². The number of hydrogen-bond donors (Lipinski definition) is 0. The Bertz CT molecular complexity index is 547. The minimum absolute atomic E-state index is 0.598. The second-order valence-electron chi connectivity index (χ2n) is 4.79. The van der Waals surface area contributed by atoms with Crippen LogP contribution in [0.2, 0.25) is 0 Å². The summed E-state index contributed by atoms with van der Waals surface area (Å²) in [7, 11) is 2.05. The number of hydrogen-bond acceptors (Lipinski definition) is 5. The van der Waals surface area contributed by atoms with Crippen molar-refractivity contribution < 1.29 is 0 Å². The zero-order chi connectivity index (χ0) is 12.5. The second-order valence-corrected chi connectivity index (χ2v) is 5.73. The Labute approximate surface area is 111 Å². The van der Waals surface area contributed by atoms with Crippen LogP contribution in [-0.4, -0.2) is 22.0 Å². The molecule has 3 rings (SSSR count). The quantitative estimate of drug-likeness (QED) is 0.847. The molecule has 94 valence electrons. The maximum atomic E-state index is 4.63. The zero-order valence-corrected chi connectivity index (χ0v) is 11.4. The summed E-state index contributed by atoms with van der Waals surface area (Å²) >= 11 is 1.70. The normalized spacial score (nSPS) is 14.8. The summed E-state index contributed by atoms with van der Waals surface area (Å²) in [5.74, 6) is 2.58. The molecule has 1 fully saturated rings. The van der Waals surface area contributed by atoms with Gasteiger partial charge in [-0.3, -0.25) is 0 Å². The molecule has 0 amide bonds. The average molecular weight is 260 g/mol. The van der Waals surface area contributed by atoms with Crippen LogP contribution in [0.3, 0.4) is 0 Å². The highest BCUT2D eigenvalue weighted by Crippen LogP contribution is 2.38. The van der Waals surface area contributed by atoms with Crippen LogP contribution >= 0.6 is 11.3 Å². The molecule has 1 aliphatic carbocycles. The van der Waals surface area contributed by atoms with Gasteiger partial charge >= 0.3 is 0 Å². The van der Waals surface area contributed by atoms with Gasteiger partial charge in [-0.2, -0.15) is 0 Å². The molecule has 1 aliphatic rings. The molecule has 2 heterocycles. The van der Waals surface area contributed by atoms with E-state index in [1.807, 2.05) is 19.2 Å². The average Bonchev–Trinajstić information content (AvgIpc) is 3.14. The predicted octanol–water partition coefficient (Wildman–Crippen LogP) is 2.76. The first-order valence-corrected chi connectivity index (χ1v) is 7.05. The summed E-state index contributed by atoms with van der Waals surface area (Å²) in [6.45, 7) is 2.83. The molecule has 0 spiro atoms. The molecule has 0 atom stereocenters. The molecule has 4 nitrogen and oxygen atoms in total. The van der Waals surface area contributed by atoms with E-state index >= 15 is 0 Å². The molecule has 0 aromatic carbocycles. The van der Waals surface area contributed by atoms with Gasteiger partial charge in [0.1, 0.15) is 16.6 Å². The standard InChI is InChI=1S/C13H16N4S/c1-9-8-18-12(15-9)7-17(2)11-5-6-14-13(16-11)10-3-4-10/h5-6,8,10H,3-4,7H2,1-2H3. The van der Waals surface area contributed by atoms with Gasteiger partial charge in [0.2, 0.25) is 0 Å². The third-order valence-corrected chi connectivity index (χ3v) is 3.98. The van der Waals surface area contributed by atoms with Crippen LogP contribution in [-0.2, 0) is 6.54 Å². The number of rotatable bonds is 4. The molecule has 0 aliphatic heterocycles. The Kier molecular flexibility index (Phi) is 2.99. The van der Waals surface area contributed by atoms with Crippen molar-refractivity contribution >= 4 is 17.2 Å². The number of aromatic nitrogens is 3. The maximum absolute atomic E-state index is 4.63. The van der Waals surface area contributed by atoms with Gasteiger partial charge in [-0.1, -0.05) is 0 Å². The van der Waals surface area contributed by atoms with Crippen LogP contribution in [0.5, 0.6) is 0 Å². The molecule has 0 bridgehead atoms. The first-order valence-electron chi connectivity index (χ1n) is 6.17. The lowest BCUT2D eigenvalue weighted by Crippen LogP contribution is -2.18. The van der Waals surface area contributed by atoms with Crippen molar-refractivity contribution in [3.05, 3.63) is 34.2 Å². The molecular weight excluding hydrogens is 244 g/mol. The van der Waals surface area contributed by atoms with E-state index in [2.05, 4.69) is 32.3 Å². The van der Waals surface area contributed by atoms with E-state index in [-0.39, 0.29) is 0 Å². The first kappa shape index (κ1) is 11.6. The van der Waals surface area contributed by atoms with Crippen molar-refractivity contribution in [2.24, 2.45) is 0 Å². The van der Waals surface area contributed by atoms with E-state index in [1.54, 1.807) is 11.3 Å². The van der Waals surface area contributed by atoms with Crippen molar-refractivity contribution in [2.45, 2.75) is 32.2 Å². The Balaban J connectivity index is 1.74. The van der Waals surface area contributed by atoms with Gasteiger partial charge in [0, 0.05) is 30.2 Å². The molecule has 0 saturated heterocycles. The van der Waals surface area contributed by atoms with Crippen molar-refractivity contribution in [2.75, 3.05) is 11.9 Å². The third-order valence-electron chi connectivity index (χ3n) is 3.03. The number of nitrogens with zero attached hydrogens (tertiary/aromatic N) is 4. The monoisotopic (exact) mass is 260 g/mol. The fourth-order valence-corrected chi connectivity index (χ4v) is 2.70. The molecule has 2 aromatic heterocycles. The minimum Gasteiger partial charge on any atom is -0.353 e. The van der Waals surface area contributed by atoms with Crippen LogP contribution in [0.25, 0.3) is 0 Å². The van der Waals surface area contributed by atoms with Crippen LogP contribution in [0.15, 0.2) is 17.6 Å². The van der Waals surface area contributed by atoms with Crippen molar-refractivity contribution in [1.82, 2.24) is 15.0 Å². The zero-order valence-electron chi connectivity index (χ0n) is 10.6. The molecular formula is C13H16N4S. The summed E-state index contributed by atoms with van der Waals surface area (Å²) in [4.78, 5) is 15.6. The lowest BCUT2D eigenvalue weighted by molar-refractivity contribution is 0.847.